The molecule has 0 aliphatic heterocycles. The van der Waals surface area contributed by atoms with Crippen LogP contribution in [0.1, 0.15) is 13.8 Å². The third-order valence-corrected chi connectivity index (χ3v) is 3.92. The predicted octanol–water partition coefficient (Wildman–Crippen LogP) is 3.06. The minimum absolute atomic E-state index is 0.126. The number of para-hydroxylation sites is 1. The van der Waals surface area contributed by atoms with Gasteiger partial charge in [0.2, 0.25) is 0 Å². The van der Waals surface area contributed by atoms with Crippen molar-refractivity contribution in [2.24, 2.45) is 5.92 Å². The highest BCUT2D eigenvalue weighted by Crippen LogP contribution is 2.17. The van der Waals surface area contributed by atoms with Crippen LogP contribution in [-0.4, -0.2) is 35.5 Å². The first-order valence-corrected chi connectivity index (χ1v) is 8.94. The van der Waals surface area contributed by atoms with Gasteiger partial charge in [-0.1, -0.05) is 43.6 Å². The Bertz CT molecular complexity index is 830. The van der Waals surface area contributed by atoms with Crippen LogP contribution in [0.5, 0.6) is 0 Å². The molecule has 1 aromatic carbocycles. The number of carbonyl (C=O) groups is 3. The second kappa shape index (κ2) is 10.3. The SMILES string of the molecule is CC(C)[C@@H](NC(=O)Nc1ccccc1)C(=O)OCC(=O)Nc1cccnc1Cl. The number of rotatable bonds is 7. The van der Waals surface area contributed by atoms with E-state index in [0.29, 0.717) is 11.4 Å². The molecule has 0 radical (unpaired) electrons. The molecule has 0 unspecified atom stereocenters. The Hall–Kier alpha value is -3.13. The average Bonchev–Trinajstić information content (AvgIpc) is 2.66. The normalized spacial score (nSPS) is 11.4. The molecule has 3 amide bonds. The maximum absolute atomic E-state index is 12.3. The van der Waals surface area contributed by atoms with Crippen molar-refractivity contribution in [1.29, 1.82) is 0 Å². The molecule has 0 bridgehead atoms. The lowest BCUT2D eigenvalue weighted by atomic mass is 10.1. The summed E-state index contributed by atoms with van der Waals surface area (Å²) in [7, 11) is 0. The summed E-state index contributed by atoms with van der Waals surface area (Å²) in [4.78, 5) is 40.2. The molecule has 2 aromatic rings. The average molecular weight is 405 g/mol. The molecule has 0 saturated heterocycles. The van der Waals surface area contributed by atoms with Gasteiger partial charge in [-0.05, 0) is 30.2 Å². The number of urea groups is 1. The molecule has 0 aliphatic carbocycles. The number of halogens is 1. The standard InChI is InChI=1S/C19H21ClN4O4/c1-12(2)16(24-19(27)22-13-7-4-3-5-8-13)18(26)28-11-15(25)23-14-9-6-10-21-17(14)20/h3-10,12,16H,11H2,1-2H3,(H,23,25)(H2,22,24,27)/t16-/m1/s1. The molecular weight excluding hydrogens is 384 g/mol. The van der Waals surface area contributed by atoms with Gasteiger partial charge in [0.25, 0.3) is 5.91 Å². The summed E-state index contributed by atoms with van der Waals surface area (Å²) in [5.41, 5.74) is 0.898. The van der Waals surface area contributed by atoms with Crippen molar-refractivity contribution < 1.29 is 19.1 Å². The van der Waals surface area contributed by atoms with Gasteiger partial charge in [0.15, 0.2) is 11.8 Å². The zero-order chi connectivity index (χ0) is 20.5. The molecule has 9 heteroatoms. The summed E-state index contributed by atoms with van der Waals surface area (Å²) >= 11 is 5.86. The smallest absolute Gasteiger partial charge is 0.329 e. The van der Waals surface area contributed by atoms with Gasteiger partial charge < -0.3 is 20.7 Å². The second-order valence-electron chi connectivity index (χ2n) is 6.18. The summed E-state index contributed by atoms with van der Waals surface area (Å²) in [5, 5.41) is 7.81. The molecule has 1 aromatic heterocycles. The van der Waals surface area contributed by atoms with E-state index in [0.717, 1.165) is 0 Å². The monoisotopic (exact) mass is 404 g/mol. The first-order chi connectivity index (χ1) is 13.4. The van der Waals surface area contributed by atoms with Gasteiger partial charge in [-0.3, -0.25) is 4.79 Å². The van der Waals surface area contributed by atoms with Crippen molar-refractivity contribution in [1.82, 2.24) is 10.3 Å². The molecular formula is C19H21ClN4O4. The Morgan fingerprint density at radius 1 is 1.07 bits per heavy atom. The van der Waals surface area contributed by atoms with Crippen LogP contribution >= 0.6 is 11.6 Å². The van der Waals surface area contributed by atoms with E-state index in [2.05, 4.69) is 20.9 Å². The summed E-state index contributed by atoms with van der Waals surface area (Å²) in [5.74, 6) is -1.53. The molecule has 0 aliphatic rings. The molecule has 0 fully saturated rings. The molecule has 3 N–H and O–H groups in total. The van der Waals surface area contributed by atoms with E-state index in [-0.39, 0.29) is 11.1 Å². The second-order valence-corrected chi connectivity index (χ2v) is 6.54. The van der Waals surface area contributed by atoms with Crippen LogP contribution in [0.25, 0.3) is 0 Å². The zero-order valence-electron chi connectivity index (χ0n) is 15.4. The zero-order valence-corrected chi connectivity index (χ0v) is 16.2. The summed E-state index contributed by atoms with van der Waals surface area (Å²) in [6.45, 7) is 2.99. The van der Waals surface area contributed by atoms with Crippen LogP contribution in [0.3, 0.4) is 0 Å². The molecule has 1 heterocycles. The predicted molar refractivity (Wildman–Crippen MR) is 106 cm³/mol. The van der Waals surface area contributed by atoms with Crippen molar-refractivity contribution in [3.8, 4) is 0 Å². The van der Waals surface area contributed by atoms with E-state index in [1.807, 2.05) is 6.07 Å². The van der Waals surface area contributed by atoms with E-state index in [9.17, 15) is 14.4 Å². The third-order valence-electron chi connectivity index (χ3n) is 3.62. The number of carbonyl (C=O) groups excluding carboxylic acids is 3. The number of hydrogen-bond donors (Lipinski definition) is 3. The molecule has 28 heavy (non-hydrogen) atoms. The van der Waals surface area contributed by atoms with Crippen LogP contribution in [0, 0.1) is 5.92 Å². The topological polar surface area (TPSA) is 109 Å². The molecule has 1 atom stereocenters. The van der Waals surface area contributed by atoms with Crippen LogP contribution in [0.2, 0.25) is 5.15 Å². The molecule has 0 saturated carbocycles. The lowest BCUT2D eigenvalue weighted by Gasteiger charge is -2.21. The maximum Gasteiger partial charge on any atom is 0.329 e. The van der Waals surface area contributed by atoms with Crippen molar-refractivity contribution in [2.75, 3.05) is 17.2 Å². The number of anilines is 2. The minimum Gasteiger partial charge on any atom is -0.454 e. The van der Waals surface area contributed by atoms with Crippen molar-refractivity contribution >= 4 is 40.9 Å². The highest BCUT2D eigenvalue weighted by Gasteiger charge is 2.26. The molecule has 2 rings (SSSR count). The van der Waals surface area contributed by atoms with E-state index in [4.69, 9.17) is 16.3 Å². The van der Waals surface area contributed by atoms with Crippen molar-refractivity contribution in [2.45, 2.75) is 19.9 Å². The number of benzene rings is 1. The lowest BCUT2D eigenvalue weighted by Crippen LogP contribution is -2.47. The Balaban J connectivity index is 1.87. The van der Waals surface area contributed by atoms with Gasteiger partial charge in [0.05, 0.1) is 5.69 Å². The van der Waals surface area contributed by atoms with Crippen LogP contribution < -0.4 is 16.0 Å². The number of hydrogen-bond acceptors (Lipinski definition) is 5. The number of ether oxygens (including phenoxy) is 1. The fraction of sp³-hybridized carbons (Fsp3) is 0.263. The van der Waals surface area contributed by atoms with Crippen LogP contribution in [0.4, 0.5) is 16.2 Å². The van der Waals surface area contributed by atoms with E-state index in [1.54, 1.807) is 50.2 Å². The van der Waals surface area contributed by atoms with Gasteiger partial charge in [-0.25, -0.2) is 14.6 Å². The lowest BCUT2D eigenvalue weighted by molar-refractivity contribution is -0.150. The maximum atomic E-state index is 12.3. The Morgan fingerprint density at radius 3 is 2.43 bits per heavy atom. The molecule has 0 spiro atoms. The third kappa shape index (κ3) is 6.55. The first kappa shape index (κ1) is 21.2. The fourth-order valence-corrected chi connectivity index (χ4v) is 2.39. The Morgan fingerprint density at radius 2 is 1.79 bits per heavy atom. The van der Waals surface area contributed by atoms with Gasteiger partial charge >= 0.3 is 12.0 Å². The van der Waals surface area contributed by atoms with Gasteiger partial charge in [-0.2, -0.15) is 0 Å². The minimum atomic E-state index is -0.918. The largest absolute Gasteiger partial charge is 0.454 e. The number of amides is 3. The number of nitrogens with zero attached hydrogens (tertiary/aromatic N) is 1. The molecule has 148 valence electrons. The fourth-order valence-electron chi connectivity index (χ4n) is 2.22. The van der Waals surface area contributed by atoms with E-state index >= 15 is 0 Å². The number of aromatic nitrogens is 1. The highest BCUT2D eigenvalue weighted by atomic mass is 35.5. The number of nitrogens with one attached hydrogen (secondary N) is 3. The first-order valence-electron chi connectivity index (χ1n) is 8.56. The summed E-state index contributed by atoms with van der Waals surface area (Å²) in [6, 6.07) is 10.5. The van der Waals surface area contributed by atoms with Crippen LogP contribution in [0.15, 0.2) is 48.7 Å². The van der Waals surface area contributed by atoms with E-state index in [1.165, 1.54) is 6.20 Å². The van der Waals surface area contributed by atoms with Gasteiger partial charge in [0.1, 0.15) is 6.04 Å². The number of pyridine rings is 1. The van der Waals surface area contributed by atoms with Crippen molar-refractivity contribution in [3.05, 3.63) is 53.8 Å². The van der Waals surface area contributed by atoms with Crippen LogP contribution in [-0.2, 0) is 14.3 Å². The van der Waals surface area contributed by atoms with Gasteiger partial charge in [0, 0.05) is 11.9 Å². The highest BCUT2D eigenvalue weighted by molar-refractivity contribution is 6.32. The van der Waals surface area contributed by atoms with E-state index < -0.39 is 30.6 Å². The Labute approximate surface area is 167 Å². The molecule has 8 nitrogen and oxygen atoms in total. The number of esters is 1. The van der Waals surface area contributed by atoms with Gasteiger partial charge in [-0.15, -0.1) is 0 Å². The summed E-state index contributed by atoms with van der Waals surface area (Å²) in [6.07, 6.45) is 1.48. The quantitative estimate of drug-likeness (QED) is 0.485. The van der Waals surface area contributed by atoms with Crippen molar-refractivity contribution in [3.63, 3.8) is 0 Å². The summed E-state index contributed by atoms with van der Waals surface area (Å²) < 4.78 is 5.03. The Kier molecular flexibility index (Phi) is 7.76.